The predicted molar refractivity (Wildman–Crippen MR) is 111 cm³/mol. The van der Waals surface area contributed by atoms with E-state index in [1.165, 1.54) is 6.07 Å². The average molecular weight is 421 g/mol. The summed E-state index contributed by atoms with van der Waals surface area (Å²) in [6.07, 6.45) is 3.31. The van der Waals surface area contributed by atoms with Gasteiger partial charge in [0, 0.05) is 17.8 Å². The zero-order valence-corrected chi connectivity index (χ0v) is 17.4. The van der Waals surface area contributed by atoms with Gasteiger partial charge in [-0.05, 0) is 63.8 Å². The van der Waals surface area contributed by atoms with Gasteiger partial charge in [-0.2, -0.15) is 0 Å². The van der Waals surface area contributed by atoms with Gasteiger partial charge < -0.3 is 10.1 Å². The first-order chi connectivity index (χ1) is 13.5. The Kier molecular flexibility index (Phi) is 6.39. The molecular formula is C21H26ClFN4O2. The van der Waals surface area contributed by atoms with Crippen molar-refractivity contribution in [1.29, 1.82) is 0 Å². The predicted octanol–water partition coefficient (Wildman–Crippen LogP) is 3.48. The molecular weight excluding hydrogens is 395 g/mol. The molecule has 2 aliphatic heterocycles. The Morgan fingerprint density at radius 1 is 1.28 bits per heavy atom. The number of amides is 1. The topological polar surface area (TPSA) is 76.1 Å². The minimum absolute atomic E-state index is 0. The second kappa shape index (κ2) is 8.63. The fourth-order valence-corrected chi connectivity index (χ4v) is 4.16. The molecule has 0 unspecified atom stereocenters. The number of piperidine rings is 1. The van der Waals surface area contributed by atoms with Crippen molar-refractivity contribution < 1.29 is 13.9 Å². The molecule has 6 nitrogen and oxygen atoms in total. The highest BCUT2D eigenvalue weighted by atomic mass is 35.5. The molecule has 1 amide bonds. The van der Waals surface area contributed by atoms with Crippen LogP contribution in [0.4, 0.5) is 4.39 Å². The fourth-order valence-electron chi connectivity index (χ4n) is 4.16. The van der Waals surface area contributed by atoms with Crippen LogP contribution in [0.2, 0.25) is 0 Å². The maximum Gasteiger partial charge on any atom is 0.240 e. The number of ether oxygens (including phenoxy) is 1. The molecule has 0 radical (unpaired) electrons. The molecule has 4 rings (SSSR count). The Balaban J connectivity index is 0.00000240. The molecule has 2 N–H and O–H groups in total. The maximum absolute atomic E-state index is 14.5. The summed E-state index contributed by atoms with van der Waals surface area (Å²) in [5.74, 6) is 0.916. The molecule has 2 atom stereocenters. The summed E-state index contributed by atoms with van der Waals surface area (Å²) in [7, 11) is 0. The van der Waals surface area contributed by atoms with E-state index in [9.17, 15) is 9.18 Å². The van der Waals surface area contributed by atoms with E-state index in [1.807, 2.05) is 13.8 Å². The monoisotopic (exact) mass is 420 g/mol. The number of aryl methyl sites for hydroxylation is 1. The lowest BCUT2D eigenvalue weighted by Crippen LogP contribution is -2.57. The smallest absolute Gasteiger partial charge is 0.240 e. The number of hydrogen-bond acceptors (Lipinski definition) is 5. The van der Waals surface area contributed by atoms with Crippen molar-refractivity contribution in [3.8, 4) is 17.0 Å². The quantitative estimate of drug-likeness (QED) is 0.791. The molecule has 1 spiro atoms. The van der Waals surface area contributed by atoms with Gasteiger partial charge >= 0.3 is 0 Å². The summed E-state index contributed by atoms with van der Waals surface area (Å²) in [5.41, 5.74) is 1.14. The number of halogens is 2. The van der Waals surface area contributed by atoms with Crippen LogP contribution in [-0.2, 0) is 4.79 Å². The molecule has 2 fully saturated rings. The van der Waals surface area contributed by atoms with Gasteiger partial charge in [-0.3, -0.25) is 10.1 Å². The molecule has 0 saturated carbocycles. The minimum Gasteiger partial charge on any atom is -0.494 e. The Labute approximate surface area is 176 Å². The summed E-state index contributed by atoms with van der Waals surface area (Å²) in [5, 5.41) is 6.42. The van der Waals surface area contributed by atoms with Crippen molar-refractivity contribution in [1.82, 2.24) is 20.6 Å². The van der Waals surface area contributed by atoms with Gasteiger partial charge in [0.15, 0.2) is 0 Å². The van der Waals surface area contributed by atoms with Crippen LogP contribution in [0.15, 0.2) is 24.3 Å². The highest BCUT2D eigenvalue weighted by Crippen LogP contribution is 2.37. The van der Waals surface area contributed by atoms with Crippen LogP contribution in [0, 0.1) is 12.7 Å². The van der Waals surface area contributed by atoms with E-state index in [4.69, 9.17) is 4.74 Å². The molecule has 0 bridgehead atoms. The molecule has 1 aromatic heterocycles. The number of nitrogens with zero attached hydrogens (tertiary/aromatic N) is 2. The molecule has 3 heterocycles. The largest absolute Gasteiger partial charge is 0.494 e. The van der Waals surface area contributed by atoms with Crippen LogP contribution in [-0.4, -0.2) is 34.6 Å². The van der Waals surface area contributed by atoms with Crippen molar-refractivity contribution in [3.05, 3.63) is 41.6 Å². The van der Waals surface area contributed by atoms with Gasteiger partial charge in [-0.15, -0.1) is 12.4 Å². The van der Waals surface area contributed by atoms with Gasteiger partial charge in [-0.25, -0.2) is 14.4 Å². The molecule has 2 aromatic rings. The second-order valence-electron chi connectivity index (χ2n) is 7.50. The average Bonchev–Trinajstić information content (AvgIpc) is 3.11. The minimum atomic E-state index is -0.531. The van der Waals surface area contributed by atoms with Gasteiger partial charge in [0.2, 0.25) is 5.91 Å². The molecule has 1 aromatic carbocycles. The molecule has 8 heteroatoms. The molecule has 2 saturated heterocycles. The highest BCUT2D eigenvalue weighted by molar-refractivity contribution is 5.87. The Morgan fingerprint density at radius 3 is 2.86 bits per heavy atom. The van der Waals surface area contributed by atoms with Crippen LogP contribution in [0.25, 0.3) is 11.3 Å². The normalized spacial score (nSPS) is 23.6. The third-order valence-electron chi connectivity index (χ3n) is 5.52. The van der Waals surface area contributed by atoms with Gasteiger partial charge in [0.25, 0.3) is 0 Å². The van der Waals surface area contributed by atoms with Crippen LogP contribution in [0.5, 0.6) is 5.75 Å². The first kappa shape index (κ1) is 21.5. The Morgan fingerprint density at radius 2 is 2.10 bits per heavy atom. The molecule has 2 aliphatic rings. The number of carbonyl (C=O) groups is 1. The van der Waals surface area contributed by atoms with Crippen LogP contribution >= 0.6 is 12.4 Å². The number of benzene rings is 1. The number of hydrogen-bond donors (Lipinski definition) is 2. The lowest BCUT2D eigenvalue weighted by atomic mass is 9.88. The zero-order chi connectivity index (χ0) is 19.7. The van der Waals surface area contributed by atoms with Crippen molar-refractivity contribution in [2.45, 2.75) is 51.1 Å². The summed E-state index contributed by atoms with van der Waals surface area (Å²) in [6, 6.07) is 6.33. The van der Waals surface area contributed by atoms with E-state index in [-0.39, 0.29) is 30.2 Å². The SMILES string of the molecule is CCOc1ccc(F)c(-c2cc(C)nc([C@@H]3CC[C@@]4(CCCNC4=O)N3)n2)c1.Cl. The summed E-state index contributed by atoms with van der Waals surface area (Å²) < 4.78 is 20.0. The number of nitrogens with one attached hydrogen (secondary N) is 2. The molecule has 29 heavy (non-hydrogen) atoms. The van der Waals surface area contributed by atoms with Crippen molar-refractivity contribution in [3.63, 3.8) is 0 Å². The van der Waals surface area contributed by atoms with Crippen molar-refractivity contribution in [2.24, 2.45) is 0 Å². The van der Waals surface area contributed by atoms with Gasteiger partial charge in [0.1, 0.15) is 17.4 Å². The van der Waals surface area contributed by atoms with E-state index in [2.05, 4.69) is 20.6 Å². The lowest BCUT2D eigenvalue weighted by molar-refractivity contribution is -0.129. The first-order valence-corrected chi connectivity index (χ1v) is 9.85. The van der Waals surface area contributed by atoms with Crippen LogP contribution in [0.1, 0.15) is 50.2 Å². The number of carbonyl (C=O) groups excluding carboxylic acids is 1. The zero-order valence-electron chi connectivity index (χ0n) is 16.6. The third-order valence-corrected chi connectivity index (χ3v) is 5.52. The van der Waals surface area contributed by atoms with E-state index in [0.29, 0.717) is 29.4 Å². The maximum atomic E-state index is 14.5. The molecule has 156 valence electrons. The lowest BCUT2D eigenvalue weighted by Gasteiger charge is -2.33. The number of rotatable bonds is 4. The van der Waals surface area contributed by atoms with Crippen molar-refractivity contribution in [2.75, 3.05) is 13.2 Å². The summed E-state index contributed by atoms with van der Waals surface area (Å²) >= 11 is 0. The van der Waals surface area contributed by atoms with Gasteiger partial charge in [-0.1, -0.05) is 0 Å². The fraction of sp³-hybridized carbons (Fsp3) is 0.476. The Hall–Kier alpha value is -2.25. The second-order valence-corrected chi connectivity index (χ2v) is 7.50. The van der Waals surface area contributed by atoms with Crippen LogP contribution < -0.4 is 15.4 Å². The van der Waals surface area contributed by atoms with E-state index < -0.39 is 5.54 Å². The van der Waals surface area contributed by atoms with Crippen molar-refractivity contribution >= 4 is 18.3 Å². The Bertz CT molecular complexity index is 910. The van der Waals surface area contributed by atoms with Gasteiger partial charge in [0.05, 0.1) is 23.9 Å². The van der Waals surface area contributed by atoms with Crippen LogP contribution in [0.3, 0.4) is 0 Å². The van der Waals surface area contributed by atoms with E-state index >= 15 is 0 Å². The highest BCUT2D eigenvalue weighted by Gasteiger charge is 2.46. The number of aromatic nitrogens is 2. The van der Waals surface area contributed by atoms with E-state index in [0.717, 1.165) is 37.9 Å². The van der Waals surface area contributed by atoms with E-state index in [1.54, 1.807) is 18.2 Å². The summed E-state index contributed by atoms with van der Waals surface area (Å²) in [6.45, 7) is 5.00. The molecule has 0 aliphatic carbocycles. The third kappa shape index (κ3) is 4.21. The first-order valence-electron chi connectivity index (χ1n) is 9.85. The summed E-state index contributed by atoms with van der Waals surface area (Å²) in [4.78, 5) is 21.6. The standard InChI is InChI=1S/C21H25FN4O2.ClH/c1-3-28-14-5-6-16(22)15(12-14)18-11-13(2)24-19(25-18)17-7-9-21(26-17)8-4-10-23-20(21)27;/h5-6,11-12,17,26H,3-4,7-10H2,1-2H3,(H,23,27);1H/t17-,21+;/m0./s1.